The summed E-state index contributed by atoms with van der Waals surface area (Å²) in [6.07, 6.45) is 3.24. The lowest BCUT2D eigenvalue weighted by Gasteiger charge is -2.17. The van der Waals surface area contributed by atoms with Gasteiger partial charge in [-0.25, -0.2) is 13.1 Å². The van der Waals surface area contributed by atoms with Crippen molar-refractivity contribution in [3.05, 3.63) is 90.6 Å². The van der Waals surface area contributed by atoms with Crippen LogP contribution in [0.5, 0.6) is 5.75 Å². The van der Waals surface area contributed by atoms with Crippen molar-refractivity contribution in [1.29, 1.82) is 5.26 Å². The Bertz CT molecular complexity index is 1510. The van der Waals surface area contributed by atoms with Crippen molar-refractivity contribution in [2.24, 2.45) is 0 Å². The van der Waals surface area contributed by atoms with E-state index in [1.807, 2.05) is 60.7 Å². The van der Waals surface area contributed by atoms with Crippen LogP contribution >= 0.6 is 0 Å². The molecule has 5 rings (SSSR count). The fraction of sp³-hybridized carbons (Fsp3) is 0.241. The highest BCUT2D eigenvalue weighted by atomic mass is 32.2. The summed E-state index contributed by atoms with van der Waals surface area (Å²) < 4.78 is 34.9. The van der Waals surface area contributed by atoms with E-state index in [2.05, 4.69) is 20.7 Å². The molecule has 1 aromatic heterocycles. The lowest BCUT2D eigenvalue weighted by atomic mass is 10.0. The molecule has 0 aliphatic carbocycles. The Balaban J connectivity index is 1.08. The van der Waals surface area contributed by atoms with Gasteiger partial charge in [-0.2, -0.15) is 5.26 Å². The molecule has 2 heterocycles. The fourth-order valence-corrected chi connectivity index (χ4v) is 6.11. The van der Waals surface area contributed by atoms with Gasteiger partial charge in [0.2, 0.25) is 10.0 Å². The molecule has 1 aliphatic heterocycles. The van der Waals surface area contributed by atoms with Crippen molar-refractivity contribution >= 4 is 20.9 Å². The molecular weight excluding hydrogens is 484 g/mol. The molecule has 4 aromatic rings. The Morgan fingerprint density at radius 2 is 1.73 bits per heavy atom. The van der Waals surface area contributed by atoms with E-state index in [-0.39, 0.29) is 10.9 Å². The molecular formula is C29H28N4O3S. The molecule has 0 amide bonds. The van der Waals surface area contributed by atoms with Crippen LogP contribution < -0.4 is 9.46 Å². The van der Waals surface area contributed by atoms with Crippen molar-refractivity contribution < 1.29 is 13.2 Å². The highest BCUT2D eigenvalue weighted by Crippen LogP contribution is 2.24. The van der Waals surface area contributed by atoms with Gasteiger partial charge in [-0.05, 0) is 66.9 Å². The van der Waals surface area contributed by atoms with Crippen LogP contribution in [0.4, 0.5) is 0 Å². The van der Waals surface area contributed by atoms with E-state index in [1.54, 1.807) is 24.4 Å². The third-order valence-electron chi connectivity index (χ3n) is 6.57. The van der Waals surface area contributed by atoms with Crippen LogP contribution in [-0.4, -0.2) is 50.6 Å². The molecule has 1 fully saturated rings. The second-order valence-corrected chi connectivity index (χ2v) is 10.8. The number of rotatable bonds is 9. The van der Waals surface area contributed by atoms with E-state index in [4.69, 9.17) is 10.00 Å². The number of pyridine rings is 1. The molecule has 1 atom stereocenters. The van der Waals surface area contributed by atoms with Gasteiger partial charge in [0.1, 0.15) is 10.6 Å². The lowest BCUT2D eigenvalue weighted by Crippen LogP contribution is -2.37. The van der Waals surface area contributed by atoms with Crippen LogP contribution in [0.3, 0.4) is 0 Å². The van der Waals surface area contributed by atoms with Crippen LogP contribution in [0, 0.1) is 11.3 Å². The molecule has 37 heavy (non-hydrogen) atoms. The maximum absolute atomic E-state index is 13.1. The van der Waals surface area contributed by atoms with E-state index in [0.29, 0.717) is 24.2 Å². The van der Waals surface area contributed by atoms with Crippen LogP contribution in [0.2, 0.25) is 0 Å². The van der Waals surface area contributed by atoms with Gasteiger partial charge in [0.05, 0.1) is 23.8 Å². The molecule has 7 nitrogen and oxygen atoms in total. The Kier molecular flexibility index (Phi) is 7.47. The minimum atomic E-state index is -3.66. The number of fused-ring (bicyclic) bond motifs is 1. The summed E-state index contributed by atoms with van der Waals surface area (Å²) >= 11 is 0. The molecule has 1 aliphatic rings. The highest BCUT2D eigenvalue weighted by Gasteiger charge is 2.28. The minimum absolute atomic E-state index is 0.125. The number of nitrogens with one attached hydrogen (secondary N) is 1. The van der Waals surface area contributed by atoms with Gasteiger partial charge in [0, 0.05) is 30.7 Å². The van der Waals surface area contributed by atoms with E-state index < -0.39 is 10.0 Å². The predicted molar refractivity (Wildman–Crippen MR) is 144 cm³/mol. The number of ether oxygens (including phenoxy) is 1. The second-order valence-electron chi connectivity index (χ2n) is 9.15. The summed E-state index contributed by atoms with van der Waals surface area (Å²) in [5.74, 6) is 0.813. The van der Waals surface area contributed by atoms with Gasteiger partial charge in [-0.15, -0.1) is 0 Å². The number of hydrogen-bond donors (Lipinski definition) is 1. The van der Waals surface area contributed by atoms with Crippen molar-refractivity contribution in [1.82, 2.24) is 14.6 Å². The first-order chi connectivity index (χ1) is 18.0. The first-order valence-electron chi connectivity index (χ1n) is 12.3. The zero-order valence-electron chi connectivity index (χ0n) is 20.4. The Hall–Kier alpha value is -3.77. The zero-order chi connectivity index (χ0) is 25.7. The summed E-state index contributed by atoms with van der Waals surface area (Å²) in [5, 5.41) is 9.75. The molecule has 0 saturated carbocycles. The maximum Gasteiger partial charge on any atom is 0.243 e. The van der Waals surface area contributed by atoms with Crippen molar-refractivity contribution in [3.63, 3.8) is 0 Å². The van der Waals surface area contributed by atoms with Gasteiger partial charge < -0.3 is 9.64 Å². The van der Waals surface area contributed by atoms with Crippen molar-refractivity contribution in [3.8, 4) is 22.9 Å². The Morgan fingerprint density at radius 1 is 1.00 bits per heavy atom. The SMILES string of the molecule is N#Cc1ccc(-c2ccc(OCCCN3CC[C@@H](NS(=O)(=O)c4cccc5cccnc45)C3)cc2)cc1. The molecule has 0 spiro atoms. The number of nitrogens with zero attached hydrogens (tertiary/aromatic N) is 3. The van der Waals surface area contributed by atoms with Crippen molar-refractivity contribution in [2.45, 2.75) is 23.8 Å². The summed E-state index contributed by atoms with van der Waals surface area (Å²) in [7, 11) is -3.66. The van der Waals surface area contributed by atoms with Crippen molar-refractivity contribution in [2.75, 3.05) is 26.2 Å². The number of sulfonamides is 1. The predicted octanol–water partition coefficient (Wildman–Crippen LogP) is 4.60. The molecule has 3 aromatic carbocycles. The van der Waals surface area contributed by atoms with E-state index >= 15 is 0 Å². The average molecular weight is 513 g/mol. The molecule has 188 valence electrons. The fourth-order valence-electron chi connectivity index (χ4n) is 4.67. The summed E-state index contributed by atoms with van der Waals surface area (Å²) in [4.78, 5) is 6.78. The van der Waals surface area contributed by atoms with Crippen LogP contribution in [0.25, 0.3) is 22.0 Å². The van der Waals surface area contributed by atoms with Gasteiger partial charge >= 0.3 is 0 Å². The number of nitriles is 1. The third kappa shape index (κ3) is 5.97. The first kappa shape index (κ1) is 24.9. The zero-order valence-corrected chi connectivity index (χ0v) is 21.2. The van der Waals surface area contributed by atoms with Crippen LogP contribution in [0.1, 0.15) is 18.4 Å². The molecule has 0 unspecified atom stereocenters. The number of para-hydroxylation sites is 1. The van der Waals surface area contributed by atoms with E-state index in [1.165, 1.54) is 0 Å². The van der Waals surface area contributed by atoms with E-state index in [0.717, 1.165) is 48.2 Å². The summed E-state index contributed by atoms with van der Waals surface area (Å²) in [5.41, 5.74) is 3.27. The topological polar surface area (TPSA) is 95.3 Å². The summed E-state index contributed by atoms with van der Waals surface area (Å²) in [6, 6.07) is 26.3. The smallest absolute Gasteiger partial charge is 0.243 e. The number of likely N-dealkylation sites (tertiary alicyclic amines) is 1. The van der Waals surface area contributed by atoms with Crippen LogP contribution in [-0.2, 0) is 10.0 Å². The van der Waals surface area contributed by atoms with Gasteiger partial charge in [-0.3, -0.25) is 4.98 Å². The quantitative estimate of drug-likeness (QED) is 0.330. The maximum atomic E-state index is 13.1. The van der Waals surface area contributed by atoms with Crippen LogP contribution in [0.15, 0.2) is 90.0 Å². The Morgan fingerprint density at radius 3 is 2.49 bits per heavy atom. The standard InChI is InChI=1S/C29H28N4O3S/c30-20-22-7-9-23(10-8-22)24-11-13-27(14-12-24)36-19-3-17-33-18-15-26(21-33)32-37(34,35)28-6-1-4-25-5-2-16-31-29(25)28/h1-2,4-14,16,26,32H,3,15,17-19,21H2/t26-/m1/s1. The highest BCUT2D eigenvalue weighted by molar-refractivity contribution is 7.89. The Labute approximate surface area is 217 Å². The van der Waals surface area contributed by atoms with Gasteiger partial charge in [0.25, 0.3) is 0 Å². The number of benzene rings is 3. The lowest BCUT2D eigenvalue weighted by molar-refractivity contribution is 0.261. The largest absolute Gasteiger partial charge is 0.494 e. The number of hydrogen-bond acceptors (Lipinski definition) is 6. The molecule has 0 bridgehead atoms. The molecule has 0 radical (unpaired) electrons. The second kappa shape index (κ2) is 11.1. The minimum Gasteiger partial charge on any atom is -0.494 e. The molecule has 1 N–H and O–H groups in total. The third-order valence-corrected chi connectivity index (χ3v) is 8.12. The monoisotopic (exact) mass is 512 g/mol. The molecule has 1 saturated heterocycles. The van der Waals surface area contributed by atoms with Gasteiger partial charge in [0.15, 0.2) is 0 Å². The number of aromatic nitrogens is 1. The molecule has 8 heteroatoms. The average Bonchev–Trinajstić information content (AvgIpc) is 3.37. The van der Waals surface area contributed by atoms with Gasteiger partial charge in [-0.1, -0.05) is 42.5 Å². The summed E-state index contributed by atoms with van der Waals surface area (Å²) in [6.45, 7) is 2.96. The normalized spacial score (nSPS) is 16.0. The first-order valence-corrected chi connectivity index (χ1v) is 13.8. The van der Waals surface area contributed by atoms with E-state index in [9.17, 15) is 8.42 Å².